The summed E-state index contributed by atoms with van der Waals surface area (Å²) in [6.45, 7) is 4.59. The van der Waals surface area contributed by atoms with Crippen LogP contribution in [0.5, 0.6) is 0 Å². The van der Waals surface area contributed by atoms with Crippen molar-refractivity contribution in [2.45, 2.75) is 39.5 Å². The van der Waals surface area contributed by atoms with Gasteiger partial charge in [0.2, 0.25) is 0 Å². The van der Waals surface area contributed by atoms with E-state index in [1.54, 1.807) is 11.1 Å². The third-order valence-corrected chi connectivity index (χ3v) is 5.44. The molecule has 0 saturated heterocycles. The Hall–Kier alpha value is -2.08. The van der Waals surface area contributed by atoms with Crippen molar-refractivity contribution in [3.05, 3.63) is 81.9 Å². The molecule has 0 bridgehead atoms. The largest absolute Gasteiger partial charge is 0.0620 e. The molecular formula is C22H22. The Morgan fingerprint density at radius 2 is 1.05 bits per heavy atom. The summed E-state index contributed by atoms with van der Waals surface area (Å²) >= 11 is 0. The molecule has 0 atom stereocenters. The SMILES string of the molecule is CC1=C(CCC2=C(C)c3ccccc3C2)Cc2ccccc21. The van der Waals surface area contributed by atoms with Crippen LogP contribution in [0.2, 0.25) is 0 Å². The molecule has 2 aliphatic carbocycles. The van der Waals surface area contributed by atoms with Gasteiger partial charge in [-0.2, -0.15) is 0 Å². The number of fused-ring (bicyclic) bond motifs is 2. The molecule has 0 nitrogen and oxygen atoms in total. The molecule has 0 N–H and O–H groups in total. The lowest BCUT2D eigenvalue weighted by molar-refractivity contribution is 0.881. The van der Waals surface area contributed by atoms with Crippen LogP contribution in [0.1, 0.15) is 48.9 Å². The van der Waals surface area contributed by atoms with Crippen molar-refractivity contribution in [3.63, 3.8) is 0 Å². The summed E-state index contributed by atoms with van der Waals surface area (Å²) in [4.78, 5) is 0. The number of allylic oxidation sites excluding steroid dienone is 4. The Labute approximate surface area is 133 Å². The van der Waals surface area contributed by atoms with E-state index >= 15 is 0 Å². The van der Waals surface area contributed by atoms with Gasteiger partial charge in [-0.3, -0.25) is 0 Å². The van der Waals surface area contributed by atoms with Crippen molar-refractivity contribution in [3.8, 4) is 0 Å². The zero-order valence-electron chi connectivity index (χ0n) is 13.4. The average molecular weight is 286 g/mol. The van der Waals surface area contributed by atoms with Gasteiger partial charge in [0.25, 0.3) is 0 Å². The van der Waals surface area contributed by atoms with Gasteiger partial charge < -0.3 is 0 Å². The van der Waals surface area contributed by atoms with Crippen LogP contribution in [-0.2, 0) is 12.8 Å². The van der Waals surface area contributed by atoms with E-state index in [9.17, 15) is 0 Å². The first-order valence-corrected chi connectivity index (χ1v) is 8.28. The van der Waals surface area contributed by atoms with Gasteiger partial charge in [0, 0.05) is 0 Å². The Balaban J connectivity index is 1.52. The van der Waals surface area contributed by atoms with E-state index in [1.807, 2.05) is 0 Å². The summed E-state index contributed by atoms with van der Waals surface area (Å²) in [6.07, 6.45) is 4.73. The van der Waals surface area contributed by atoms with Crippen molar-refractivity contribution in [1.82, 2.24) is 0 Å². The van der Waals surface area contributed by atoms with Crippen LogP contribution in [0.25, 0.3) is 11.1 Å². The molecule has 0 aromatic heterocycles. The molecule has 0 saturated carbocycles. The standard InChI is InChI=1S/C22H22/c1-15-17(13-19-7-3-5-9-21(15)19)11-12-18-14-20-8-4-6-10-22(20)16(18)2/h3-10H,11-14H2,1-2H3. The lowest BCUT2D eigenvalue weighted by atomic mass is 9.98. The number of benzene rings is 2. The second kappa shape index (κ2) is 5.28. The highest BCUT2D eigenvalue weighted by molar-refractivity contribution is 5.76. The molecule has 4 rings (SSSR count). The Morgan fingerprint density at radius 3 is 1.45 bits per heavy atom. The molecule has 0 fully saturated rings. The zero-order chi connectivity index (χ0) is 15.1. The predicted molar refractivity (Wildman–Crippen MR) is 94.7 cm³/mol. The van der Waals surface area contributed by atoms with Crippen LogP contribution < -0.4 is 0 Å². The number of hydrogen-bond donors (Lipinski definition) is 0. The fraction of sp³-hybridized carbons (Fsp3) is 0.273. The average Bonchev–Trinajstić information content (AvgIpc) is 3.04. The monoisotopic (exact) mass is 286 g/mol. The highest BCUT2D eigenvalue weighted by atomic mass is 14.3. The van der Waals surface area contributed by atoms with Crippen LogP contribution in [0.15, 0.2) is 59.7 Å². The Bertz CT molecular complexity index is 733. The van der Waals surface area contributed by atoms with Crippen molar-refractivity contribution >= 4 is 11.1 Å². The van der Waals surface area contributed by atoms with Gasteiger partial charge in [0.05, 0.1) is 0 Å². The normalized spacial score (nSPS) is 16.3. The first-order chi connectivity index (χ1) is 10.7. The molecule has 110 valence electrons. The molecule has 0 aliphatic heterocycles. The molecule has 0 heterocycles. The molecule has 0 spiro atoms. The lowest BCUT2D eigenvalue weighted by Crippen LogP contribution is -1.90. The van der Waals surface area contributed by atoms with Crippen LogP contribution in [-0.4, -0.2) is 0 Å². The maximum atomic E-state index is 2.30. The van der Waals surface area contributed by atoms with Gasteiger partial charge >= 0.3 is 0 Å². The van der Waals surface area contributed by atoms with Crippen LogP contribution >= 0.6 is 0 Å². The van der Waals surface area contributed by atoms with Crippen LogP contribution in [0, 0.1) is 0 Å². The zero-order valence-corrected chi connectivity index (χ0v) is 13.4. The number of rotatable bonds is 3. The minimum absolute atomic E-state index is 1.15. The van der Waals surface area contributed by atoms with E-state index in [0.29, 0.717) is 0 Å². The third-order valence-electron chi connectivity index (χ3n) is 5.44. The van der Waals surface area contributed by atoms with Gasteiger partial charge in [-0.15, -0.1) is 0 Å². The van der Waals surface area contributed by atoms with Crippen LogP contribution in [0.4, 0.5) is 0 Å². The molecule has 2 aromatic carbocycles. The fourth-order valence-electron chi connectivity index (χ4n) is 4.04. The molecule has 2 aromatic rings. The Kier molecular flexibility index (Phi) is 3.26. The topological polar surface area (TPSA) is 0 Å². The quantitative estimate of drug-likeness (QED) is 0.666. The van der Waals surface area contributed by atoms with Crippen molar-refractivity contribution in [1.29, 1.82) is 0 Å². The van der Waals surface area contributed by atoms with Crippen molar-refractivity contribution in [2.24, 2.45) is 0 Å². The summed E-state index contributed by atoms with van der Waals surface area (Å²) in [6, 6.07) is 17.7. The molecule has 0 amide bonds. The minimum atomic E-state index is 1.15. The summed E-state index contributed by atoms with van der Waals surface area (Å²) in [5.41, 5.74) is 12.3. The first-order valence-electron chi connectivity index (χ1n) is 8.28. The fourth-order valence-corrected chi connectivity index (χ4v) is 4.04. The van der Waals surface area contributed by atoms with E-state index in [-0.39, 0.29) is 0 Å². The summed E-state index contributed by atoms with van der Waals surface area (Å²) in [7, 11) is 0. The van der Waals surface area contributed by atoms with Gasteiger partial charge in [0.1, 0.15) is 0 Å². The third kappa shape index (κ3) is 2.14. The van der Waals surface area contributed by atoms with Gasteiger partial charge in [-0.05, 0) is 72.9 Å². The molecule has 0 heteroatoms. The second-order valence-electron chi connectivity index (χ2n) is 6.62. The maximum Gasteiger partial charge on any atom is -0.00550 e. The van der Waals surface area contributed by atoms with Crippen LogP contribution in [0.3, 0.4) is 0 Å². The predicted octanol–water partition coefficient (Wildman–Crippen LogP) is 5.83. The van der Waals surface area contributed by atoms with E-state index in [4.69, 9.17) is 0 Å². The molecule has 0 radical (unpaired) electrons. The summed E-state index contributed by atoms with van der Waals surface area (Å²) in [5.74, 6) is 0. The highest BCUT2D eigenvalue weighted by Gasteiger charge is 2.21. The smallest absolute Gasteiger partial charge is 0.00550 e. The summed E-state index contributed by atoms with van der Waals surface area (Å²) < 4.78 is 0. The Morgan fingerprint density at radius 1 is 0.636 bits per heavy atom. The minimum Gasteiger partial charge on any atom is -0.0620 e. The molecular weight excluding hydrogens is 264 g/mol. The maximum absolute atomic E-state index is 2.30. The summed E-state index contributed by atoms with van der Waals surface area (Å²) in [5, 5.41) is 0. The van der Waals surface area contributed by atoms with Crippen molar-refractivity contribution < 1.29 is 0 Å². The van der Waals surface area contributed by atoms with E-state index in [0.717, 1.165) is 12.8 Å². The van der Waals surface area contributed by atoms with Gasteiger partial charge in [-0.25, -0.2) is 0 Å². The molecule has 2 aliphatic rings. The number of hydrogen-bond acceptors (Lipinski definition) is 0. The molecule has 22 heavy (non-hydrogen) atoms. The first kappa shape index (κ1) is 13.6. The highest BCUT2D eigenvalue weighted by Crippen LogP contribution is 2.38. The van der Waals surface area contributed by atoms with E-state index < -0.39 is 0 Å². The van der Waals surface area contributed by atoms with E-state index in [2.05, 4.69) is 62.4 Å². The second-order valence-corrected chi connectivity index (χ2v) is 6.62. The lowest BCUT2D eigenvalue weighted by Gasteiger charge is -2.07. The van der Waals surface area contributed by atoms with Crippen molar-refractivity contribution in [2.75, 3.05) is 0 Å². The molecule has 0 unspecified atom stereocenters. The van der Waals surface area contributed by atoms with Gasteiger partial charge in [0.15, 0.2) is 0 Å². The van der Waals surface area contributed by atoms with E-state index in [1.165, 1.54) is 46.2 Å². The van der Waals surface area contributed by atoms with Gasteiger partial charge in [-0.1, -0.05) is 59.7 Å².